The number of amides is 1. The minimum Gasteiger partial charge on any atom is -0.397 e. The minimum atomic E-state index is -0.315. The monoisotopic (exact) mass is 245 g/mol. The molecule has 7 heteroatoms. The number of nitrogens with two attached hydrogens (primary N) is 1. The molecule has 18 heavy (non-hydrogen) atoms. The number of nitrogen functional groups attached to an aromatic ring is 1. The van der Waals surface area contributed by atoms with Crippen molar-refractivity contribution in [3.8, 4) is 11.5 Å². The number of hydrogen-bond acceptors (Lipinski definition) is 6. The third-order valence-corrected chi connectivity index (χ3v) is 2.55. The fourth-order valence-corrected chi connectivity index (χ4v) is 1.49. The highest BCUT2D eigenvalue weighted by molar-refractivity contribution is 5.91. The molecule has 3 N–H and O–H groups in total. The Bertz CT molecular complexity index is 591. The number of carbonyl (C=O) groups is 1. The van der Waals surface area contributed by atoms with E-state index in [2.05, 4.69) is 20.4 Å². The van der Waals surface area contributed by atoms with Crippen molar-refractivity contribution in [3.63, 3.8) is 0 Å². The van der Waals surface area contributed by atoms with Crippen LogP contribution in [0, 0.1) is 0 Å². The highest BCUT2D eigenvalue weighted by Crippen LogP contribution is 2.20. The number of nitrogens with one attached hydrogen (secondary N) is 1. The van der Waals surface area contributed by atoms with E-state index >= 15 is 0 Å². The Morgan fingerprint density at radius 3 is 3.00 bits per heavy atom. The number of pyridine rings is 1. The van der Waals surface area contributed by atoms with Crippen molar-refractivity contribution in [1.82, 2.24) is 20.4 Å². The van der Waals surface area contributed by atoms with Gasteiger partial charge in [0.15, 0.2) is 0 Å². The molecule has 3 rings (SSSR count). The SMILES string of the molecule is Nc1cncc(-c2nc(C(=O)NC3CC3)no2)c1. The van der Waals surface area contributed by atoms with E-state index in [4.69, 9.17) is 10.3 Å². The fourth-order valence-electron chi connectivity index (χ4n) is 1.49. The van der Waals surface area contributed by atoms with Crippen LogP contribution in [0.4, 0.5) is 5.69 Å². The van der Waals surface area contributed by atoms with Crippen molar-refractivity contribution in [2.24, 2.45) is 0 Å². The quantitative estimate of drug-likeness (QED) is 0.820. The van der Waals surface area contributed by atoms with Crippen molar-refractivity contribution in [1.29, 1.82) is 0 Å². The van der Waals surface area contributed by atoms with Gasteiger partial charge in [0.1, 0.15) is 0 Å². The second-order valence-electron chi connectivity index (χ2n) is 4.18. The van der Waals surface area contributed by atoms with E-state index in [-0.39, 0.29) is 23.7 Å². The third kappa shape index (κ3) is 2.15. The summed E-state index contributed by atoms with van der Waals surface area (Å²) in [7, 11) is 0. The van der Waals surface area contributed by atoms with Crippen molar-refractivity contribution in [2.75, 3.05) is 5.73 Å². The first-order valence-electron chi connectivity index (χ1n) is 5.58. The molecule has 1 aliphatic rings. The molecule has 0 unspecified atom stereocenters. The Morgan fingerprint density at radius 1 is 1.44 bits per heavy atom. The lowest BCUT2D eigenvalue weighted by atomic mass is 10.2. The molecule has 0 radical (unpaired) electrons. The summed E-state index contributed by atoms with van der Waals surface area (Å²) < 4.78 is 5.01. The Morgan fingerprint density at radius 2 is 2.28 bits per heavy atom. The highest BCUT2D eigenvalue weighted by atomic mass is 16.5. The van der Waals surface area contributed by atoms with Gasteiger partial charge in [-0.15, -0.1) is 0 Å². The van der Waals surface area contributed by atoms with Gasteiger partial charge in [-0.3, -0.25) is 9.78 Å². The summed E-state index contributed by atoms with van der Waals surface area (Å²) in [5, 5.41) is 6.42. The standard InChI is InChI=1S/C11H11N5O2/c12-7-3-6(4-13-5-7)11-15-9(16-18-11)10(17)14-8-1-2-8/h3-5,8H,1-2,12H2,(H,14,17). The molecule has 1 saturated carbocycles. The maximum atomic E-state index is 11.7. The van der Waals surface area contributed by atoms with Crippen LogP contribution in [0.2, 0.25) is 0 Å². The third-order valence-electron chi connectivity index (χ3n) is 2.55. The van der Waals surface area contributed by atoms with Gasteiger partial charge in [-0.05, 0) is 18.9 Å². The van der Waals surface area contributed by atoms with Crippen molar-refractivity contribution in [3.05, 3.63) is 24.3 Å². The topological polar surface area (TPSA) is 107 Å². The zero-order valence-corrected chi connectivity index (χ0v) is 9.46. The lowest BCUT2D eigenvalue weighted by Gasteiger charge is -1.96. The first-order valence-corrected chi connectivity index (χ1v) is 5.58. The summed E-state index contributed by atoms with van der Waals surface area (Å²) in [6.45, 7) is 0. The van der Waals surface area contributed by atoms with Gasteiger partial charge < -0.3 is 15.6 Å². The summed E-state index contributed by atoms with van der Waals surface area (Å²) in [6, 6.07) is 1.91. The molecule has 2 heterocycles. The Kier molecular flexibility index (Phi) is 2.44. The normalized spacial score (nSPS) is 14.4. The molecule has 0 spiro atoms. The molecule has 92 valence electrons. The molecule has 1 fully saturated rings. The van der Waals surface area contributed by atoms with Crippen LogP contribution in [-0.4, -0.2) is 27.1 Å². The Hall–Kier alpha value is -2.44. The number of aromatic nitrogens is 3. The van der Waals surface area contributed by atoms with Crippen LogP contribution in [-0.2, 0) is 0 Å². The molecular weight excluding hydrogens is 234 g/mol. The molecule has 2 aromatic heterocycles. The summed E-state index contributed by atoms with van der Waals surface area (Å²) in [5.74, 6) is -0.0561. The second-order valence-corrected chi connectivity index (χ2v) is 4.18. The summed E-state index contributed by atoms with van der Waals surface area (Å²) in [6.07, 6.45) is 5.08. The van der Waals surface area contributed by atoms with E-state index in [1.165, 1.54) is 6.20 Å². The molecule has 2 aromatic rings. The van der Waals surface area contributed by atoms with Gasteiger partial charge >= 0.3 is 0 Å². The van der Waals surface area contributed by atoms with Crippen molar-refractivity contribution in [2.45, 2.75) is 18.9 Å². The van der Waals surface area contributed by atoms with Crippen LogP contribution >= 0.6 is 0 Å². The fraction of sp³-hybridized carbons (Fsp3) is 0.273. The van der Waals surface area contributed by atoms with Crippen LogP contribution in [0.25, 0.3) is 11.5 Å². The van der Waals surface area contributed by atoms with E-state index in [9.17, 15) is 4.79 Å². The number of nitrogens with zero attached hydrogens (tertiary/aromatic N) is 3. The molecule has 0 saturated heterocycles. The highest BCUT2D eigenvalue weighted by Gasteiger charge is 2.26. The molecular formula is C11H11N5O2. The number of carbonyl (C=O) groups excluding carboxylic acids is 1. The molecule has 0 aromatic carbocycles. The second kappa shape index (κ2) is 4.10. The molecule has 1 amide bonds. The van der Waals surface area contributed by atoms with Crippen LogP contribution in [0.3, 0.4) is 0 Å². The van der Waals surface area contributed by atoms with Gasteiger partial charge in [-0.2, -0.15) is 4.98 Å². The van der Waals surface area contributed by atoms with E-state index < -0.39 is 0 Å². The van der Waals surface area contributed by atoms with Gasteiger partial charge in [-0.1, -0.05) is 5.16 Å². The molecule has 1 aliphatic carbocycles. The smallest absolute Gasteiger partial charge is 0.292 e. The zero-order valence-electron chi connectivity index (χ0n) is 9.46. The first-order chi connectivity index (χ1) is 8.72. The number of rotatable bonds is 3. The van der Waals surface area contributed by atoms with Gasteiger partial charge in [-0.25, -0.2) is 0 Å². The Balaban J connectivity index is 1.82. The lowest BCUT2D eigenvalue weighted by molar-refractivity contribution is 0.0937. The van der Waals surface area contributed by atoms with E-state index in [0.717, 1.165) is 12.8 Å². The maximum Gasteiger partial charge on any atom is 0.292 e. The van der Waals surface area contributed by atoms with Gasteiger partial charge in [0, 0.05) is 18.4 Å². The molecule has 0 bridgehead atoms. The largest absolute Gasteiger partial charge is 0.397 e. The summed E-state index contributed by atoms with van der Waals surface area (Å²) in [4.78, 5) is 19.6. The number of anilines is 1. The van der Waals surface area contributed by atoms with Gasteiger partial charge in [0.2, 0.25) is 0 Å². The van der Waals surface area contributed by atoms with E-state index in [1.54, 1.807) is 12.3 Å². The first kappa shape index (κ1) is 10.7. The predicted molar refractivity (Wildman–Crippen MR) is 62.4 cm³/mol. The van der Waals surface area contributed by atoms with E-state index in [1.807, 2.05) is 0 Å². The van der Waals surface area contributed by atoms with E-state index in [0.29, 0.717) is 11.3 Å². The van der Waals surface area contributed by atoms with Gasteiger partial charge in [0.05, 0.1) is 11.3 Å². The maximum absolute atomic E-state index is 11.7. The van der Waals surface area contributed by atoms with Crippen LogP contribution in [0.15, 0.2) is 23.0 Å². The molecule has 7 nitrogen and oxygen atoms in total. The number of hydrogen-bond donors (Lipinski definition) is 2. The minimum absolute atomic E-state index is 0.0272. The average molecular weight is 245 g/mol. The summed E-state index contributed by atoms with van der Waals surface area (Å²) >= 11 is 0. The average Bonchev–Trinajstić information content (AvgIpc) is 3.03. The molecule has 0 aliphatic heterocycles. The van der Waals surface area contributed by atoms with Crippen molar-refractivity contribution >= 4 is 11.6 Å². The van der Waals surface area contributed by atoms with Gasteiger partial charge in [0.25, 0.3) is 17.6 Å². The van der Waals surface area contributed by atoms with Crippen LogP contribution in [0.5, 0.6) is 0 Å². The zero-order chi connectivity index (χ0) is 12.5. The summed E-state index contributed by atoms with van der Waals surface area (Å²) in [5.41, 5.74) is 6.69. The van der Waals surface area contributed by atoms with Crippen LogP contribution in [0.1, 0.15) is 23.5 Å². The van der Waals surface area contributed by atoms with Crippen molar-refractivity contribution < 1.29 is 9.32 Å². The van der Waals surface area contributed by atoms with Crippen LogP contribution < -0.4 is 11.1 Å². The Labute approximate surface area is 102 Å². The molecule has 0 atom stereocenters. The lowest BCUT2D eigenvalue weighted by Crippen LogP contribution is -2.26. The predicted octanol–water partition coefficient (Wildman–Crippen LogP) is 0.606.